The van der Waals surface area contributed by atoms with Gasteiger partial charge in [-0.15, -0.1) is 0 Å². The van der Waals surface area contributed by atoms with Gasteiger partial charge >= 0.3 is 0 Å². The van der Waals surface area contributed by atoms with Crippen molar-refractivity contribution < 1.29 is 15.0 Å². The number of aliphatic hydroxyl groups excluding tert-OH is 1. The van der Waals surface area contributed by atoms with Crippen LogP contribution in [0.15, 0.2) is 91.0 Å². The summed E-state index contributed by atoms with van der Waals surface area (Å²) in [4.78, 5) is 15.5. The Balaban J connectivity index is 1.60. The fraction of sp³-hybridized carbons (Fsp3) is 0.269. The van der Waals surface area contributed by atoms with E-state index >= 15 is 0 Å². The van der Waals surface area contributed by atoms with Gasteiger partial charge in [-0.2, -0.15) is 0 Å². The van der Waals surface area contributed by atoms with Crippen molar-refractivity contribution in [3.63, 3.8) is 0 Å². The summed E-state index contributed by atoms with van der Waals surface area (Å²) in [5, 5.41) is 22.4. The molecule has 3 aromatic rings. The van der Waals surface area contributed by atoms with Crippen molar-refractivity contribution in [2.45, 2.75) is 18.1 Å². The monoisotopic (exact) mass is 401 g/mol. The number of carbonyl (C=O) groups is 1. The first kappa shape index (κ1) is 20.5. The molecule has 154 valence electrons. The minimum Gasteiger partial charge on any atom is -0.387 e. The van der Waals surface area contributed by atoms with Crippen molar-refractivity contribution in [3.05, 3.63) is 108 Å². The summed E-state index contributed by atoms with van der Waals surface area (Å²) in [5.41, 5.74) is 0.986. The van der Waals surface area contributed by atoms with Crippen LogP contribution < -0.4 is 0 Å². The molecule has 0 bridgehead atoms. The highest BCUT2D eigenvalue weighted by Gasteiger charge is 2.46. The van der Waals surface area contributed by atoms with Crippen LogP contribution >= 0.6 is 0 Å². The van der Waals surface area contributed by atoms with E-state index in [9.17, 15) is 15.0 Å². The molecule has 0 spiro atoms. The van der Waals surface area contributed by atoms with Crippen molar-refractivity contribution in [3.8, 4) is 0 Å². The first-order chi connectivity index (χ1) is 14.6. The van der Waals surface area contributed by atoms with Crippen LogP contribution in [0, 0.1) is 5.92 Å². The number of Topliss-reactive ketones (excluding diaryl/α,β-unsaturated/α-hetero) is 1. The second-order valence-corrected chi connectivity index (χ2v) is 8.01. The Labute approximate surface area is 177 Å². The molecule has 3 aromatic carbocycles. The Morgan fingerprint density at radius 3 is 2.13 bits per heavy atom. The number of aliphatic hydroxyl groups is 2. The van der Waals surface area contributed by atoms with E-state index in [0.717, 1.165) is 11.1 Å². The molecule has 1 aliphatic heterocycles. The fourth-order valence-electron chi connectivity index (χ4n) is 4.37. The van der Waals surface area contributed by atoms with E-state index in [0.29, 0.717) is 31.6 Å². The smallest absolute Gasteiger partial charge is 0.170 e. The van der Waals surface area contributed by atoms with Gasteiger partial charge in [0.25, 0.3) is 0 Å². The maximum atomic E-state index is 13.4. The molecule has 1 fully saturated rings. The summed E-state index contributed by atoms with van der Waals surface area (Å²) in [6.45, 7) is 1.42. The van der Waals surface area contributed by atoms with Gasteiger partial charge in [0.2, 0.25) is 0 Å². The summed E-state index contributed by atoms with van der Waals surface area (Å²) < 4.78 is 0. The zero-order chi connectivity index (χ0) is 21.0. The lowest BCUT2D eigenvalue weighted by atomic mass is 9.72. The summed E-state index contributed by atoms with van der Waals surface area (Å²) in [7, 11) is 0. The van der Waals surface area contributed by atoms with Crippen molar-refractivity contribution in [1.82, 2.24) is 4.90 Å². The lowest BCUT2D eigenvalue weighted by Crippen LogP contribution is -2.53. The van der Waals surface area contributed by atoms with Crippen molar-refractivity contribution >= 4 is 5.78 Å². The molecule has 1 saturated heterocycles. The SMILES string of the molecule is O=C(c1ccccc1)C1CN(CC(O)c2ccccc2)CCC1(O)c1ccccc1. The number of β-amino-alcohol motifs (C(OH)–C–C–N with tert-alkyl or cyclic N) is 1. The molecule has 4 rings (SSSR count). The van der Waals surface area contributed by atoms with Gasteiger partial charge in [-0.05, 0) is 17.5 Å². The van der Waals surface area contributed by atoms with Crippen LogP contribution in [0.3, 0.4) is 0 Å². The number of piperidine rings is 1. The van der Waals surface area contributed by atoms with Crippen LogP contribution in [0.2, 0.25) is 0 Å². The van der Waals surface area contributed by atoms with E-state index < -0.39 is 17.6 Å². The van der Waals surface area contributed by atoms with Gasteiger partial charge in [0.15, 0.2) is 5.78 Å². The largest absolute Gasteiger partial charge is 0.387 e. The van der Waals surface area contributed by atoms with E-state index in [1.54, 1.807) is 12.1 Å². The first-order valence-corrected chi connectivity index (χ1v) is 10.4. The predicted octanol–water partition coefficient (Wildman–Crippen LogP) is 3.81. The van der Waals surface area contributed by atoms with E-state index in [4.69, 9.17) is 0 Å². The number of rotatable bonds is 6. The minimum absolute atomic E-state index is 0.0687. The van der Waals surface area contributed by atoms with Crippen LogP contribution in [0.5, 0.6) is 0 Å². The van der Waals surface area contributed by atoms with Crippen LogP contribution in [0.4, 0.5) is 0 Å². The molecule has 1 heterocycles. The summed E-state index contributed by atoms with van der Waals surface area (Å²) in [6, 6.07) is 28.2. The summed E-state index contributed by atoms with van der Waals surface area (Å²) in [6.07, 6.45) is -0.205. The highest BCUT2D eigenvalue weighted by molar-refractivity contribution is 5.99. The molecule has 3 atom stereocenters. The van der Waals surface area contributed by atoms with E-state index in [2.05, 4.69) is 4.90 Å². The molecule has 3 unspecified atom stereocenters. The van der Waals surface area contributed by atoms with E-state index in [1.807, 2.05) is 78.9 Å². The average Bonchev–Trinajstić information content (AvgIpc) is 2.81. The molecule has 1 aliphatic rings. The third-order valence-corrected chi connectivity index (χ3v) is 6.09. The molecule has 4 nitrogen and oxygen atoms in total. The molecular formula is C26H27NO3. The second kappa shape index (κ2) is 8.92. The number of benzene rings is 3. The van der Waals surface area contributed by atoms with Gasteiger partial charge in [0, 0.05) is 25.2 Å². The molecule has 2 N–H and O–H groups in total. The number of hydrogen-bond acceptors (Lipinski definition) is 4. The third-order valence-electron chi connectivity index (χ3n) is 6.09. The summed E-state index contributed by atoms with van der Waals surface area (Å²) in [5.74, 6) is -0.681. The topological polar surface area (TPSA) is 60.8 Å². The molecule has 0 saturated carbocycles. The van der Waals surface area contributed by atoms with Gasteiger partial charge in [0.05, 0.1) is 12.0 Å². The lowest BCUT2D eigenvalue weighted by molar-refractivity contribution is -0.0703. The highest BCUT2D eigenvalue weighted by Crippen LogP contribution is 2.39. The Kier molecular flexibility index (Phi) is 6.09. The zero-order valence-corrected chi connectivity index (χ0v) is 16.9. The second-order valence-electron chi connectivity index (χ2n) is 8.01. The number of hydrogen-bond donors (Lipinski definition) is 2. The van der Waals surface area contributed by atoms with Gasteiger partial charge in [0.1, 0.15) is 5.60 Å². The molecule has 30 heavy (non-hydrogen) atoms. The van der Waals surface area contributed by atoms with Crippen LogP contribution in [-0.2, 0) is 5.60 Å². The van der Waals surface area contributed by atoms with Crippen LogP contribution in [0.1, 0.15) is 34.0 Å². The molecule has 4 heteroatoms. The molecule has 0 radical (unpaired) electrons. The van der Waals surface area contributed by atoms with Gasteiger partial charge < -0.3 is 10.2 Å². The maximum absolute atomic E-state index is 13.4. The van der Waals surface area contributed by atoms with Crippen molar-refractivity contribution in [1.29, 1.82) is 0 Å². The number of nitrogens with zero attached hydrogens (tertiary/aromatic N) is 1. The Bertz CT molecular complexity index is 961. The molecule has 0 amide bonds. The quantitative estimate of drug-likeness (QED) is 0.617. The Hall–Kier alpha value is -2.79. The predicted molar refractivity (Wildman–Crippen MR) is 117 cm³/mol. The Morgan fingerprint density at radius 1 is 0.933 bits per heavy atom. The zero-order valence-electron chi connectivity index (χ0n) is 16.9. The lowest BCUT2D eigenvalue weighted by Gasteiger charge is -2.44. The minimum atomic E-state index is -1.23. The third kappa shape index (κ3) is 4.21. The number of carbonyl (C=O) groups excluding carboxylic acids is 1. The van der Waals surface area contributed by atoms with Gasteiger partial charge in [-0.25, -0.2) is 0 Å². The van der Waals surface area contributed by atoms with E-state index in [-0.39, 0.29) is 5.78 Å². The Morgan fingerprint density at radius 2 is 1.50 bits per heavy atom. The normalized spacial score (nSPS) is 23.1. The average molecular weight is 402 g/mol. The van der Waals surface area contributed by atoms with Gasteiger partial charge in [-0.1, -0.05) is 91.0 Å². The van der Waals surface area contributed by atoms with Gasteiger partial charge in [-0.3, -0.25) is 9.69 Å². The van der Waals surface area contributed by atoms with Crippen molar-refractivity contribution in [2.75, 3.05) is 19.6 Å². The molecule has 0 aliphatic carbocycles. The van der Waals surface area contributed by atoms with Crippen molar-refractivity contribution in [2.24, 2.45) is 5.92 Å². The molecule has 0 aromatic heterocycles. The first-order valence-electron chi connectivity index (χ1n) is 10.4. The standard InChI is InChI=1S/C26H27NO3/c28-24(20-10-4-1-5-11-20)19-27-17-16-26(30,22-14-8-3-9-15-22)23(18-27)25(29)21-12-6-2-7-13-21/h1-15,23-24,28,30H,16-19H2. The summed E-state index contributed by atoms with van der Waals surface area (Å²) >= 11 is 0. The highest BCUT2D eigenvalue weighted by atomic mass is 16.3. The molecular weight excluding hydrogens is 374 g/mol. The number of ketones is 1. The fourth-order valence-corrected chi connectivity index (χ4v) is 4.37. The maximum Gasteiger partial charge on any atom is 0.170 e. The van der Waals surface area contributed by atoms with Crippen LogP contribution in [-0.4, -0.2) is 40.5 Å². The number of likely N-dealkylation sites (tertiary alicyclic amines) is 1. The van der Waals surface area contributed by atoms with Crippen LogP contribution in [0.25, 0.3) is 0 Å². The van der Waals surface area contributed by atoms with E-state index in [1.165, 1.54) is 0 Å².